The lowest BCUT2D eigenvalue weighted by molar-refractivity contribution is 0.0430. The van der Waals surface area contributed by atoms with Gasteiger partial charge in [-0.2, -0.15) is 4.98 Å². The molecule has 0 radical (unpaired) electrons. The van der Waals surface area contributed by atoms with Gasteiger partial charge in [-0.15, -0.1) is 0 Å². The number of benzene rings is 2. The van der Waals surface area contributed by atoms with Gasteiger partial charge in [-0.05, 0) is 24.3 Å². The molecule has 1 aromatic heterocycles. The first kappa shape index (κ1) is 19.0. The van der Waals surface area contributed by atoms with Gasteiger partial charge in [0.25, 0.3) is 5.89 Å². The summed E-state index contributed by atoms with van der Waals surface area (Å²) >= 11 is 11.9. The highest BCUT2D eigenvalue weighted by molar-refractivity contribution is 6.43. The first-order valence-electron chi connectivity index (χ1n) is 7.69. The minimum atomic E-state index is -0.649. The van der Waals surface area contributed by atoms with E-state index in [9.17, 15) is 4.79 Å². The third-order valence-corrected chi connectivity index (χ3v) is 4.43. The third-order valence-electron chi connectivity index (χ3n) is 3.62. The second-order valence-corrected chi connectivity index (χ2v) is 6.04. The van der Waals surface area contributed by atoms with Crippen LogP contribution in [-0.4, -0.2) is 30.3 Å². The van der Waals surface area contributed by atoms with Crippen LogP contribution in [0.4, 0.5) is 0 Å². The van der Waals surface area contributed by atoms with Crippen LogP contribution in [0.1, 0.15) is 16.2 Å². The average molecular weight is 409 g/mol. The number of hydrogen-bond acceptors (Lipinski definition) is 7. The molecule has 0 N–H and O–H groups in total. The van der Waals surface area contributed by atoms with Gasteiger partial charge in [-0.3, -0.25) is 0 Å². The van der Waals surface area contributed by atoms with Gasteiger partial charge in [-0.1, -0.05) is 34.4 Å². The van der Waals surface area contributed by atoms with E-state index in [0.717, 1.165) is 0 Å². The number of rotatable bonds is 6. The van der Waals surface area contributed by atoms with Gasteiger partial charge in [0.15, 0.2) is 6.61 Å². The summed E-state index contributed by atoms with van der Waals surface area (Å²) in [6.07, 6.45) is 0. The van der Waals surface area contributed by atoms with Crippen molar-refractivity contribution < 1.29 is 23.5 Å². The van der Waals surface area contributed by atoms with Crippen molar-refractivity contribution in [2.45, 2.75) is 6.61 Å². The van der Waals surface area contributed by atoms with Crippen molar-refractivity contribution in [3.05, 3.63) is 57.9 Å². The zero-order chi connectivity index (χ0) is 19.4. The Morgan fingerprint density at radius 2 is 1.96 bits per heavy atom. The van der Waals surface area contributed by atoms with Gasteiger partial charge in [0.1, 0.15) is 11.5 Å². The molecule has 0 fully saturated rings. The van der Waals surface area contributed by atoms with E-state index in [0.29, 0.717) is 22.9 Å². The SMILES string of the molecule is COc1ccc(-c2noc(COC(=O)c3cccc(Cl)c3Cl)n2)c(OC)c1. The van der Waals surface area contributed by atoms with Crippen molar-refractivity contribution in [1.82, 2.24) is 10.1 Å². The summed E-state index contributed by atoms with van der Waals surface area (Å²) in [7, 11) is 3.08. The molecule has 140 valence electrons. The highest BCUT2D eigenvalue weighted by Gasteiger charge is 2.18. The molecule has 0 aliphatic carbocycles. The second kappa shape index (κ2) is 8.28. The Hall–Kier alpha value is -2.77. The van der Waals surface area contributed by atoms with Crippen molar-refractivity contribution in [3.8, 4) is 22.9 Å². The maximum absolute atomic E-state index is 12.1. The van der Waals surface area contributed by atoms with Crippen LogP contribution >= 0.6 is 23.2 Å². The number of aromatic nitrogens is 2. The average Bonchev–Trinajstić information content (AvgIpc) is 3.16. The molecule has 0 amide bonds. The fraction of sp³-hybridized carbons (Fsp3) is 0.167. The molecule has 2 aromatic carbocycles. The molecule has 0 saturated heterocycles. The molecule has 0 atom stereocenters. The van der Waals surface area contributed by atoms with Crippen molar-refractivity contribution in [3.63, 3.8) is 0 Å². The van der Waals surface area contributed by atoms with Crippen LogP contribution in [0.5, 0.6) is 11.5 Å². The topological polar surface area (TPSA) is 83.7 Å². The molecule has 0 bridgehead atoms. The monoisotopic (exact) mass is 408 g/mol. The van der Waals surface area contributed by atoms with Gasteiger partial charge in [0, 0.05) is 6.07 Å². The summed E-state index contributed by atoms with van der Waals surface area (Å²) < 4.78 is 20.8. The zero-order valence-electron chi connectivity index (χ0n) is 14.4. The molecule has 9 heteroatoms. The quantitative estimate of drug-likeness (QED) is 0.558. The Morgan fingerprint density at radius 3 is 2.70 bits per heavy atom. The van der Waals surface area contributed by atoms with Crippen LogP contribution in [-0.2, 0) is 11.3 Å². The molecular formula is C18H14Cl2N2O5. The lowest BCUT2D eigenvalue weighted by Crippen LogP contribution is -2.06. The summed E-state index contributed by atoms with van der Waals surface area (Å²) in [6.45, 7) is -0.215. The first-order chi connectivity index (χ1) is 13.0. The van der Waals surface area contributed by atoms with Crippen molar-refractivity contribution in [2.24, 2.45) is 0 Å². The van der Waals surface area contributed by atoms with Gasteiger partial charge in [0.05, 0.1) is 35.4 Å². The van der Waals surface area contributed by atoms with Gasteiger partial charge in [-0.25, -0.2) is 4.79 Å². The summed E-state index contributed by atoms with van der Waals surface area (Å²) in [5.41, 5.74) is 0.762. The van der Waals surface area contributed by atoms with E-state index in [1.54, 1.807) is 37.4 Å². The number of carbonyl (C=O) groups excluding carboxylic acids is 1. The summed E-state index contributed by atoms with van der Waals surface area (Å²) in [5.74, 6) is 0.913. The lowest BCUT2D eigenvalue weighted by atomic mass is 10.2. The van der Waals surface area contributed by atoms with Gasteiger partial charge >= 0.3 is 5.97 Å². The number of carbonyl (C=O) groups is 1. The number of methoxy groups -OCH3 is 2. The molecule has 0 aliphatic heterocycles. The van der Waals surface area contributed by atoms with E-state index in [1.807, 2.05) is 0 Å². The second-order valence-electron chi connectivity index (χ2n) is 5.26. The van der Waals surface area contributed by atoms with E-state index < -0.39 is 5.97 Å². The van der Waals surface area contributed by atoms with Crippen LogP contribution in [0.25, 0.3) is 11.4 Å². The molecule has 7 nitrogen and oxygen atoms in total. The van der Waals surface area contributed by atoms with E-state index >= 15 is 0 Å². The Bertz CT molecular complexity index is 974. The van der Waals surface area contributed by atoms with Crippen molar-refractivity contribution in [2.75, 3.05) is 14.2 Å². The molecule has 3 aromatic rings. The van der Waals surface area contributed by atoms with E-state index in [-0.39, 0.29) is 28.1 Å². The minimum Gasteiger partial charge on any atom is -0.497 e. The van der Waals surface area contributed by atoms with Crippen LogP contribution in [0.2, 0.25) is 10.0 Å². The highest BCUT2D eigenvalue weighted by Crippen LogP contribution is 2.31. The zero-order valence-corrected chi connectivity index (χ0v) is 15.9. The molecule has 27 heavy (non-hydrogen) atoms. The van der Waals surface area contributed by atoms with Crippen LogP contribution in [0, 0.1) is 0 Å². The van der Waals surface area contributed by atoms with E-state index in [2.05, 4.69) is 10.1 Å². The highest BCUT2D eigenvalue weighted by atomic mass is 35.5. The first-order valence-corrected chi connectivity index (χ1v) is 8.45. The fourth-order valence-corrected chi connectivity index (χ4v) is 2.65. The molecule has 1 heterocycles. The minimum absolute atomic E-state index is 0.120. The van der Waals surface area contributed by atoms with Gasteiger partial charge in [0.2, 0.25) is 5.82 Å². The summed E-state index contributed by atoms with van der Waals surface area (Å²) in [6, 6.07) is 9.88. The maximum atomic E-state index is 12.1. The Kier molecular flexibility index (Phi) is 5.83. The standard InChI is InChI=1S/C18H14Cl2N2O5/c1-24-10-6-7-11(14(8-10)25-2)17-21-15(27-22-17)9-26-18(23)12-4-3-5-13(19)16(12)20/h3-8H,9H2,1-2H3. The third kappa shape index (κ3) is 4.15. The number of ether oxygens (including phenoxy) is 3. The Morgan fingerprint density at radius 1 is 1.15 bits per heavy atom. The van der Waals surface area contributed by atoms with Crippen molar-refractivity contribution >= 4 is 29.2 Å². The smallest absolute Gasteiger partial charge is 0.340 e. The molecular weight excluding hydrogens is 395 g/mol. The largest absolute Gasteiger partial charge is 0.497 e. The molecule has 3 rings (SSSR count). The number of hydrogen-bond donors (Lipinski definition) is 0. The number of esters is 1. The Labute approximate surface area is 164 Å². The Balaban J connectivity index is 1.73. The van der Waals surface area contributed by atoms with Gasteiger partial charge < -0.3 is 18.7 Å². The van der Waals surface area contributed by atoms with E-state index in [1.165, 1.54) is 13.2 Å². The molecule has 0 aliphatic rings. The van der Waals surface area contributed by atoms with E-state index in [4.69, 9.17) is 41.9 Å². The molecule has 0 saturated carbocycles. The molecule has 0 spiro atoms. The predicted octanol–water partition coefficient (Wildman–Crippen LogP) is 4.42. The lowest BCUT2D eigenvalue weighted by Gasteiger charge is -2.07. The summed E-state index contributed by atoms with van der Waals surface area (Å²) in [4.78, 5) is 16.4. The fourth-order valence-electron chi connectivity index (χ4n) is 2.27. The molecule has 0 unspecified atom stereocenters. The predicted molar refractivity (Wildman–Crippen MR) is 98.4 cm³/mol. The van der Waals surface area contributed by atoms with Crippen LogP contribution in [0.3, 0.4) is 0 Å². The normalized spacial score (nSPS) is 10.5. The number of halogens is 2. The van der Waals surface area contributed by atoms with Crippen LogP contribution in [0.15, 0.2) is 40.9 Å². The summed E-state index contributed by atoms with van der Waals surface area (Å²) in [5, 5.41) is 4.27. The maximum Gasteiger partial charge on any atom is 0.340 e. The number of nitrogens with zero attached hydrogens (tertiary/aromatic N) is 2. The van der Waals surface area contributed by atoms with Crippen LogP contribution < -0.4 is 9.47 Å². The van der Waals surface area contributed by atoms with Crippen molar-refractivity contribution in [1.29, 1.82) is 0 Å².